The average molecular weight is 323 g/mol. The van der Waals surface area contributed by atoms with Gasteiger partial charge in [-0.1, -0.05) is 11.8 Å². The molecule has 0 bridgehead atoms. The maximum atomic E-state index is 13.2. The summed E-state index contributed by atoms with van der Waals surface area (Å²) >= 11 is 0.0293. The van der Waals surface area contributed by atoms with Crippen molar-refractivity contribution < 1.29 is 16.8 Å². The fraction of sp³-hybridized carbons (Fsp3) is 0.0769. The number of benzene rings is 1. The van der Waals surface area contributed by atoms with Crippen LogP contribution in [0.3, 0.4) is 0 Å². The van der Waals surface area contributed by atoms with Crippen LogP contribution in [-0.2, 0) is 0 Å². The van der Waals surface area contributed by atoms with E-state index in [2.05, 4.69) is 10.3 Å². The lowest BCUT2D eigenvalue weighted by Crippen LogP contribution is -2.15. The second kappa shape index (κ2) is 6.85. The first-order valence-electron chi connectivity index (χ1n) is 6.85. The number of nitrogens with two attached hydrogens (primary N) is 1. The van der Waals surface area contributed by atoms with Gasteiger partial charge in [-0.15, -0.1) is 0 Å². The van der Waals surface area contributed by atoms with Gasteiger partial charge in [0.1, 0.15) is 5.96 Å². The molecule has 0 unspecified atom stereocenters. The molecular formula is C13H11FN4O3S. The number of hydrogen-bond donors (Lipinski definition) is 2. The van der Waals surface area contributed by atoms with Gasteiger partial charge in [-0.25, -0.2) is 9.37 Å². The van der Waals surface area contributed by atoms with Crippen LogP contribution in [0.1, 0.15) is 13.2 Å². The number of rotatable bonds is 5. The average Bonchev–Trinajstić information content (AvgIpc) is 2.45. The SMILES string of the molecule is [2H]C([2H])([18F])Sc1cc(NC(=O)c2ncccc2N)ccc1[N+](=O)[O-]. The summed E-state index contributed by atoms with van der Waals surface area (Å²) < 4.78 is 27.0. The quantitative estimate of drug-likeness (QED) is 0.497. The summed E-state index contributed by atoms with van der Waals surface area (Å²) in [7, 11) is 0. The van der Waals surface area contributed by atoms with Gasteiger partial charge in [0.25, 0.3) is 11.6 Å². The lowest BCUT2D eigenvalue weighted by molar-refractivity contribution is -0.387. The van der Waals surface area contributed by atoms with Crippen molar-refractivity contribution in [3.8, 4) is 0 Å². The number of nitrogen functional groups attached to an aromatic ring is 1. The number of nitrogens with one attached hydrogen (secondary N) is 1. The first kappa shape index (κ1) is 13.0. The molecule has 22 heavy (non-hydrogen) atoms. The predicted octanol–water partition coefficient (Wildman–Crippen LogP) is 2.84. The number of amides is 1. The third-order valence-electron chi connectivity index (χ3n) is 2.62. The van der Waals surface area contributed by atoms with Crippen LogP contribution < -0.4 is 11.1 Å². The maximum absolute atomic E-state index is 13.2. The largest absolute Gasteiger partial charge is 0.397 e. The van der Waals surface area contributed by atoms with E-state index in [1.807, 2.05) is 0 Å². The highest BCUT2D eigenvalue weighted by atomic mass is 32.2. The molecule has 7 nitrogen and oxygen atoms in total. The monoisotopic (exact) mass is 323 g/mol. The fourth-order valence-corrected chi connectivity index (χ4v) is 2.18. The minimum Gasteiger partial charge on any atom is -0.397 e. The van der Waals surface area contributed by atoms with Crippen molar-refractivity contribution in [2.24, 2.45) is 0 Å². The van der Waals surface area contributed by atoms with Crippen molar-refractivity contribution in [2.75, 3.05) is 17.0 Å². The van der Waals surface area contributed by atoms with Crippen molar-refractivity contribution in [3.05, 3.63) is 52.3 Å². The fourth-order valence-electron chi connectivity index (χ4n) is 1.66. The number of pyridine rings is 1. The van der Waals surface area contributed by atoms with Crippen molar-refractivity contribution in [1.29, 1.82) is 0 Å². The Morgan fingerprint density at radius 2 is 2.32 bits per heavy atom. The highest BCUT2D eigenvalue weighted by Crippen LogP contribution is 2.32. The van der Waals surface area contributed by atoms with Crippen LogP contribution in [0.4, 0.5) is 21.5 Å². The molecule has 0 aliphatic rings. The Balaban J connectivity index is 2.31. The molecule has 0 atom stereocenters. The van der Waals surface area contributed by atoms with E-state index < -0.39 is 22.5 Å². The molecule has 0 saturated heterocycles. The highest BCUT2D eigenvalue weighted by Gasteiger charge is 2.17. The molecular weight excluding hydrogens is 310 g/mol. The lowest BCUT2D eigenvalue weighted by Gasteiger charge is -2.08. The molecule has 0 radical (unpaired) electrons. The van der Waals surface area contributed by atoms with Crippen LogP contribution in [0.5, 0.6) is 0 Å². The van der Waals surface area contributed by atoms with Crippen molar-refractivity contribution in [1.82, 2.24) is 4.98 Å². The zero-order valence-electron chi connectivity index (χ0n) is 12.9. The van der Waals surface area contributed by atoms with Crippen molar-refractivity contribution in [2.45, 2.75) is 4.90 Å². The van der Waals surface area contributed by atoms with Crippen molar-refractivity contribution >= 4 is 34.7 Å². The number of carbonyl (C=O) groups is 1. The van der Waals surface area contributed by atoms with Gasteiger partial charge < -0.3 is 11.1 Å². The van der Waals surface area contributed by atoms with Gasteiger partial charge in [0, 0.05) is 18.0 Å². The smallest absolute Gasteiger partial charge is 0.283 e. The molecule has 0 spiro atoms. The Kier molecular flexibility index (Phi) is 4.05. The second-order valence-corrected chi connectivity index (χ2v) is 4.81. The molecule has 1 aromatic heterocycles. The zero-order chi connectivity index (χ0) is 17.9. The molecule has 0 saturated carbocycles. The minimum atomic E-state index is -3.21. The Morgan fingerprint density at radius 3 is 2.95 bits per heavy atom. The first-order valence-corrected chi connectivity index (χ1v) is 6.67. The van der Waals surface area contributed by atoms with Gasteiger partial charge in [0.2, 0.25) is 0 Å². The summed E-state index contributed by atoms with van der Waals surface area (Å²) in [5.41, 5.74) is 5.38. The number of alkyl halides is 1. The lowest BCUT2D eigenvalue weighted by atomic mass is 10.2. The summed E-state index contributed by atoms with van der Waals surface area (Å²) in [4.78, 5) is 25.8. The molecule has 1 heterocycles. The van der Waals surface area contributed by atoms with E-state index >= 15 is 0 Å². The Morgan fingerprint density at radius 1 is 1.55 bits per heavy atom. The van der Waals surface area contributed by atoms with Gasteiger partial charge in [0.05, 0.1) is 18.2 Å². The molecule has 1 amide bonds. The summed E-state index contributed by atoms with van der Waals surface area (Å²) in [5, 5.41) is 13.4. The molecule has 3 N–H and O–H groups in total. The van der Waals surface area contributed by atoms with Gasteiger partial charge >= 0.3 is 0 Å². The van der Waals surface area contributed by atoms with Crippen LogP contribution in [0.15, 0.2) is 41.4 Å². The topological polar surface area (TPSA) is 111 Å². The molecule has 0 fully saturated rings. The van der Waals surface area contributed by atoms with Gasteiger partial charge in [-0.05, 0) is 24.3 Å². The van der Waals surface area contributed by atoms with E-state index in [4.69, 9.17) is 8.48 Å². The van der Waals surface area contributed by atoms with E-state index in [0.717, 1.165) is 12.1 Å². The van der Waals surface area contributed by atoms with Crippen LogP contribution >= 0.6 is 11.8 Å². The molecule has 114 valence electrons. The molecule has 2 aromatic rings. The summed E-state index contributed by atoms with van der Waals surface area (Å²) in [5.74, 6) is -3.86. The van der Waals surface area contributed by atoms with E-state index in [-0.39, 0.29) is 33.7 Å². The van der Waals surface area contributed by atoms with E-state index in [9.17, 15) is 19.3 Å². The van der Waals surface area contributed by atoms with Crippen LogP contribution in [0.25, 0.3) is 0 Å². The number of nitrogens with zero attached hydrogens (tertiary/aromatic N) is 2. The normalized spacial score (nSPS) is 12.2. The maximum Gasteiger partial charge on any atom is 0.283 e. The van der Waals surface area contributed by atoms with Crippen LogP contribution in [0, 0.1) is 10.1 Å². The summed E-state index contributed by atoms with van der Waals surface area (Å²) in [6.45, 7) is 0. The molecule has 2 rings (SSSR count). The van der Waals surface area contributed by atoms with Crippen LogP contribution in [0.2, 0.25) is 0 Å². The summed E-state index contributed by atoms with van der Waals surface area (Å²) in [6, 6.07) is 6.43. The minimum absolute atomic E-state index is 0.0293. The Hall–Kier alpha value is -2.68. The highest BCUT2D eigenvalue weighted by molar-refractivity contribution is 7.99. The standard InChI is InChI=1S/C13H11FN4O3S/c14-7-22-11-6-8(3-4-10(11)18(20)21)17-13(19)12-9(15)2-1-5-16-12/h1-6H,7,15H2,(H,17,19)/i7D2,14-1. The first-order chi connectivity index (χ1) is 11.2. The summed E-state index contributed by atoms with van der Waals surface area (Å²) in [6.07, 6.45) is 1.38. The number of aromatic nitrogens is 1. The van der Waals surface area contributed by atoms with E-state index in [1.165, 1.54) is 18.3 Å². The third kappa shape index (κ3) is 3.50. The number of halogens is 1. The molecule has 0 aliphatic carbocycles. The number of anilines is 2. The number of hydrogen-bond acceptors (Lipinski definition) is 6. The second-order valence-electron chi connectivity index (χ2n) is 4.01. The molecule has 0 aliphatic heterocycles. The Labute approximate surface area is 131 Å². The van der Waals surface area contributed by atoms with Crippen LogP contribution in [-0.4, -0.2) is 21.8 Å². The number of thioether (sulfide) groups is 1. The number of carbonyl (C=O) groups excluding carboxylic acids is 1. The predicted molar refractivity (Wildman–Crippen MR) is 81.5 cm³/mol. The van der Waals surface area contributed by atoms with Gasteiger partial charge in [-0.2, -0.15) is 0 Å². The zero-order valence-corrected chi connectivity index (χ0v) is 11.8. The van der Waals surface area contributed by atoms with Gasteiger partial charge in [-0.3, -0.25) is 14.9 Å². The number of nitro groups is 1. The van der Waals surface area contributed by atoms with E-state index in [0.29, 0.717) is 0 Å². The van der Waals surface area contributed by atoms with E-state index in [1.54, 1.807) is 6.07 Å². The molecule has 1 aromatic carbocycles. The van der Waals surface area contributed by atoms with Gasteiger partial charge in [0.15, 0.2) is 5.69 Å². The number of nitro benzene ring substituents is 1. The van der Waals surface area contributed by atoms with Crippen molar-refractivity contribution in [3.63, 3.8) is 0 Å². The Bertz CT molecular complexity index is 801. The third-order valence-corrected chi connectivity index (χ3v) is 3.24. The molecule has 9 heteroatoms.